The number of thiazole rings is 1. The van der Waals surface area contributed by atoms with E-state index < -0.39 is 5.60 Å². The van der Waals surface area contributed by atoms with E-state index in [4.69, 9.17) is 9.47 Å². The summed E-state index contributed by atoms with van der Waals surface area (Å²) in [6.45, 7) is 1.90. The standard InChI is InChI=1S/C18H16N2O4S/c1-18(22,12-3-5-14-15(7-12)24-10-23-14)8-19-17(21)11-2-4-13-16(6-11)25-9-20-13/h2-7,9,22H,8,10H2,1H3,(H,19,21)/t18-/m1/s1. The largest absolute Gasteiger partial charge is 0.454 e. The van der Waals surface area contributed by atoms with Gasteiger partial charge in [0.15, 0.2) is 11.5 Å². The van der Waals surface area contributed by atoms with E-state index in [9.17, 15) is 9.90 Å². The number of ether oxygens (including phenoxy) is 2. The van der Waals surface area contributed by atoms with Gasteiger partial charge in [-0.3, -0.25) is 4.79 Å². The van der Waals surface area contributed by atoms with Crippen LogP contribution in [0.25, 0.3) is 10.2 Å². The van der Waals surface area contributed by atoms with Gasteiger partial charge in [-0.05, 0) is 42.8 Å². The van der Waals surface area contributed by atoms with Crippen molar-refractivity contribution in [3.05, 3.63) is 53.0 Å². The second-order valence-electron chi connectivity index (χ2n) is 6.06. The number of rotatable bonds is 4. The highest BCUT2D eigenvalue weighted by Gasteiger charge is 2.26. The van der Waals surface area contributed by atoms with E-state index in [-0.39, 0.29) is 19.2 Å². The fraction of sp³-hybridized carbons (Fsp3) is 0.222. The van der Waals surface area contributed by atoms with Gasteiger partial charge in [0.05, 0.1) is 22.3 Å². The number of hydrogen-bond donors (Lipinski definition) is 2. The van der Waals surface area contributed by atoms with Gasteiger partial charge in [-0.25, -0.2) is 4.98 Å². The molecule has 2 heterocycles. The maximum Gasteiger partial charge on any atom is 0.251 e. The Morgan fingerprint density at radius 1 is 1.28 bits per heavy atom. The van der Waals surface area contributed by atoms with Crippen LogP contribution in [0.15, 0.2) is 41.9 Å². The van der Waals surface area contributed by atoms with Crippen molar-refractivity contribution in [3.8, 4) is 11.5 Å². The number of amides is 1. The normalized spacial score (nSPS) is 15.1. The van der Waals surface area contributed by atoms with Crippen LogP contribution < -0.4 is 14.8 Å². The van der Waals surface area contributed by atoms with Gasteiger partial charge in [0.25, 0.3) is 5.91 Å². The van der Waals surface area contributed by atoms with Crippen LogP contribution in [0.1, 0.15) is 22.8 Å². The fourth-order valence-electron chi connectivity index (χ4n) is 2.68. The van der Waals surface area contributed by atoms with Crippen LogP contribution in [0.4, 0.5) is 0 Å². The molecule has 0 saturated heterocycles. The van der Waals surface area contributed by atoms with Crippen LogP contribution in [0.5, 0.6) is 11.5 Å². The van der Waals surface area contributed by atoms with Crippen molar-refractivity contribution >= 4 is 27.5 Å². The zero-order valence-corrected chi connectivity index (χ0v) is 14.3. The Bertz CT molecular complexity index is 951. The molecule has 4 rings (SSSR count). The number of nitrogens with zero attached hydrogens (tertiary/aromatic N) is 1. The number of carbonyl (C=O) groups is 1. The number of benzene rings is 2. The lowest BCUT2D eigenvalue weighted by Gasteiger charge is -2.24. The van der Waals surface area contributed by atoms with E-state index in [1.807, 2.05) is 6.07 Å². The van der Waals surface area contributed by atoms with Crippen LogP contribution in [0.2, 0.25) is 0 Å². The highest BCUT2D eigenvalue weighted by atomic mass is 32.1. The van der Waals surface area contributed by atoms with Crippen molar-refractivity contribution in [2.45, 2.75) is 12.5 Å². The van der Waals surface area contributed by atoms with Crippen molar-refractivity contribution < 1.29 is 19.4 Å². The molecule has 1 aromatic heterocycles. The molecule has 0 bridgehead atoms. The molecule has 0 saturated carbocycles. The van der Waals surface area contributed by atoms with Crippen LogP contribution in [-0.2, 0) is 5.60 Å². The summed E-state index contributed by atoms with van der Waals surface area (Å²) in [5.41, 5.74) is 2.57. The summed E-state index contributed by atoms with van der Waals surface area (Å²) in [5.74, 6) is 1.01. The molecule has 2 aromatic carbocycles. The molecule has 7 heteroatoms. The highest BCUT2D eigenvalue weighted by Crippen LogP contribution is 2.35. The third-order valence-corrected chi connectivity index (χ3v) is 4.97. The number of aliphatic hydroxyl groups is 1. The van der Waals surface area contributed by atoms with Gasteiger partial charge < -0.3 is 19.9 Å². The molecule has 1 aliphatic heterocycles. The van der Waals surface area contributed by atoms with Crippen molar-refractivity contribution in [2.24, 2.45) is 0 Å². The Hall–Kier alpha value is -2.64. The summed E-state index contributed by atoms with van der Waals surface area (Å²) < 4.78 is 11.6. The molecular formula is C18H16N2O4S. The maximum absolute atomic E-state index is 12.4. The fourth-order valence-corrected chi connectivity index (χ4v) is 3.40. The predicted molar refractivity (Wildman–Crippen MR) is 94.1 cm³/mol. The average Bonchev–Trinajstić information content (AvgIpc) is 3.26. The number of carbonyl (C=O) groups excluding carboxylic acids is 1. The minimum atomic E-state index is -1.23. The van der Waals surface area contributed by atoms with Gasteiger partial charge in [-0.15, -0.1) is 11.3 Å². The lowest BCUT2D eigenvalue weighted by molar-refractivity contribution is 0.0525. The molecule has 1 atom stereocenters. The van der Waals surface area contributed by atoms with Gasteiger partial charge in [0.1, 0.15) is 5.60 Å². The first-order chi connectivity index (χ1) is 12.0. The second-order valence-corrected chi connectivity index (χ2v) is 6.95. The van der Waals surface area contributed by atoms with E-state index in [1.165, 1.54) is 11.3 Å². The van der Waals surface area contributed by atoms with Gasteiger partial charge in [-0.1, -0.05) is 6.07 Å². The van der Waals surface area contributed by atoms with Gasteiger partial charge in [-0.2, -0.15) is 0 Å². The summed E-state index contributed by atoms with van der Waals surface area (Å²) in [5, 5.41) is 13.5. The summed E-state index contributed by atoms with van der Waals surface area (Å²) in [6, 6.07) is 10.6. The van der Waals surface area contributed by atoms with Crippen molar-refractivity contribution in [1.82, 2.24) is 10.3 Å². The first-order valence-corrected chi connectivity index (χ1v) is 8.65. The zero-order chi connectivity index (χ0) is 17.4. The SMILES string of the molecule is C[C@@](O)(CNC(=O)c1ccc2ncsc2c1)c1ccc2c(c1)OCO2. The third kappa shape index (κ3) is 3.04. The molecule has 0 aliphatic carbocycles. The Morgan fingerprint density at radius 2 is 2.12 bits per heavy atom. The summed E-state index contributed by atoms with van der Waals surface area (Å²) in [6.07, 6.45) is 0. The molecule has 128 valence electrons. The first kappa shape index (κ1) is 15.9. The predicted octanol–water partition coefficient (Wildman–Crippen LogP) is 2.66. The molecule has 0 fully saturated rings. The maximum atomic E-state index is 12.4. The molecule has 0 spiro atoms. The Balaban J connectivity index is 1.48. The summed E-state index contributed by atoms with van der Waals surface area (Å²) >= 11 is 1.48. The van der Waals surface area contributed by atoms with Crippen molar-refractivity contribution in [2.75, 3.05) is 13.3 Å². The molecule has 0 radical (unpaired) electrons. The minimum Gasteiger partial charge on any atom is -0.454 e. The monoisotopic (exact) mass is 356 g/mol. The number of fused-ring (bicyclic) bond motifs is 2. The van der Waals surface area contributed by atoms with Gasteiger partial charge in [0, 0.05) is 5.56 Å². The number of nitrogens with one attached hydrogen (secondary N) is 1. The molecule has 2 N–H and O–H groups in total. The average molecular weight is 356 g/mol. The zero-order valence-electron chi connectivity index (χ0n) is 13.5. The quantitative estimate of drug-likeness (QED) is 0.751. The van der Waals surface area contributed by atoms with Gasteiger partial charge in [0.2, 0.25) is 6.79 Å². The summed E-state index contributed by atoms with van der Waals surface area (Å²) in [7, 11) is 0. The van der Waals surface area contributed by atoms with E-state index in [0.717, 1.165) is 10.2 Å². The molecular weight excluding hydrogens is 340 g/mol. The molecule has 6 nitrogen and oxygen atoms in total. The van der Waals surface area contributed by atoms with Crippen molar-refractivity contribution in [3.63, 3.8) is 0 Å². The number of aromatic nitrogens is 1. The smallest absolute Gasteiger partial charge is 0.251 e. The van der Waals surface area contributed by atoms with Crippen LogP contribution >= 0.6 is 11.3 Å². The van der Waals surface area contributed by atoms with Gasteiger partial charge >= 0.3 is 0 Å². The third-order valence-electron chi connectivity index (χ3n) is 4.18. The highest BCUT2D eigenvalue weighted by molar-refractivity contribution is 7.16. The van der Waals surface area contributed by atoms with Crippen LogP contribution in [0.3, 0.4) is 0 Å². The molecule has 1 amide bonds. The van der Waals surface area contributed by atoms with E-state index in [2.05, 4.69) is 10.3 Å². The molecule has 1 aliphatic rings. The topological polar surface area (TPSA) is 80.7 Å². The van der Waals surface area contributed by atoms with E-state index in [0.29, 0.717) is 22.6 Å². The molecule has 3 aromatic rings. The van der Waals surface area contributed by atoms with E-state index in [1.54, 1.807) is 42.8 Å². The van der Waals surface area contributed by atoms with Crippen molar-refractivity contribution in [1.29, 1.82) is 0 Å². The molecule has 0 unspecified atom stereocenters. The second kappa shape index (κ2) is 6.02. The number of hydrogen-bond acceptors (Lipinski definition) is 6. The lowest BCUT2D eigenvalue weighted by Crippen LogP contribution is -2.38. The first-order valence-electron chi connectivity index (χ1n) is 7.77. The lowest BCUT2D eigenvalue weighted by atomic mass is 9.95. The molecule has 25 heavy (non-hydrogen) atoms. The minimum absolute atomic E-state index is 0.0756. The van der Waals surface area contributed by atoms with Crippen LogP contribution in [-0.4, -0.2) is 29.3 Å². The summed E-state index contributed by atoms with van der Waals surface area (Å²) in [4.78, 5) is 16.6. The Morgan fingerprint density at radius 3 is 3.00 bits per heavy atom. The Kier molecular flexibility index (Phi) is 3.82. The van der Waals surface area contributed by atoms with E-state index >= 15 is 0 Å². The van der Waals surface area contributed by atoms with Crippen LogP contribution in [0, 0.1) is 0 Å². The Labute approximate surface area is 148 Å².